The van der Waals surface area contributed by atoms with Gasteiger partial charge in [0.15, 0.2) is 0 Å². The van der Waals surface area contributed by atoms with E-state index in [1.807, 2.05) is 17.9 Å². The molecule has 2 aliphatic heterocycles. The molecule has 0 N–H and O–H groups in total. The highest BCUT2D eigenvalue weighted by molar-refractivity contribution is 5.96. The molecule has 0 atom stereocenters. The minimum absolute atomic E-state index is 0.0564. The molecular formula is C19H29N3O2. The van der Waals surface area contributed by atoms with Crippen LogP contribution in [-0.2, 0) is 0 Å². The fraction of sp³-hybridized carbons (Fsp3) is 0.684. The first-order chi connectivity index (χ1) is 11.8. The number of piperidine rings is 1. The van der Waals surface area contributed by atoms with Crippen molar-refractivity contribution in [3.63, 3.8) is 0 Å². The number of carbonyl (C=O) groups excluding carboxylic acids is 1. The maximum absolute atomic E-state index is 12.8. The van der Waals surface area contributed by atoms with E-state index in [2.05, 4.69) is 9.88 Å². The van der Waals surface area contributed by atoms with E-state index in [4.69, 9.17) is 4.74 Å². The Labute approximate surface area is 145 Å². The van der Waals surface area contributed by atoms with E-state index in [0.717, 1.165) is 25.9 Å². The zero-order chi connectivity index (χ0) is 16.8. The van der Waals surface area contributed by atoms with Gasteiger partial charge in [0, 0.05) is 25.3 Å². The van der Waals surface area contributed by atoms with Crippen molar-refractivity contribution in [2.24, 2.45) is 0 Å². The molecule has 3 rings (SSSR count). The zero-order valence-electron chi connectivity index (χ0n) is 14.7. The average molecular weight is 331 g/mol. The Morgan fingerprint density at radius 1 is 1.17 bits per heavy atom. The number of hydrogen-bond acceptors (Lipinski definition) is 4. The average Bonchev–Trinajstić information content (AvgIpc) is 2.91. The molecule has 0 saturated carbocycles. The van der Waals surface area contributed by atoms with E-state index in [-0.39, 0.29) is 5.91 Å². The molecule has 1 aromatic heterocycles. The minimum Gasteiger partial charge on any atom is -0.477 e. The Hall–Kier alpha value is -1.62. The lowest BCUT2D eigenvalue weighted by molar-refractivity contribution is 0.0618. The van der Waals surface area contributed by atoms with Crippen LogP contribution in [0, 0.1) is 0 Å². The van der Waals surface area contributed by atoms with Gasteiger partial charge in [-0.25, -0.2) is 4.98 Å². The molecule has 1 amide bonds. The number of hydrogen-bond donors (Lipinski definition) is 0. The molecule has 0 aliphatic carbocycles. The lowest BCUT2D eigenvalue weighted by Crippen LogP contribution is -2.47. The van der Waals surface area contributed by atoms with E-state index < -0.39 is 0 Å². The molecule has 0 bridgehead atoms. The highest BCUT2D eigenvalue weighted by atomic mass is 16.5. The summed E-state index contributed by atoms with van der Waals surface area (Å²) in [6.07, 6.45) is 9.22. The number of nitrogens with zero attached hydrogens (tertiary/aromatic N) is 3. The van der Waals surface area contributed by atoms with E-state index in [1.54, 1.807) is 12.3 Å². The third-order valence-electron chi connectivity index (χ3n) is 5.19. The van der Waals surface area contributed by atoms with Crippen molar-refractivity contribution in [1.82, 2.24) is 14.8 Å². The Morgan fingerprint density at radius 3 is 2.54 bits per heavy atom. The number of likely N-dealkylation sites (tertiary alicyclic amines) is 2. The van der Waals surface area contributed by atoms with E-state index >= 15 is 0 Å². The fourth-order valence-corrected chi connectivity index (χ4v) is 3.87. The van der Waals surface area contributed by atoms with Crippen molar-refractivity contribution in [3.8, 4) is 5.88 Å². The Kier molecular flexibility index (Phi) is 6.07. The number of ether oxygens (including phenoxy) is 1. The lowest BCUT2D eigenvalue weighted by atomic mass is 10.0. The summed E-state index contributed by atoms with van der Waals surface area (Å²) in [6, 6.07) is 4.27. The molecule has 1 aromatic rings. The molecule has 24 heavy (non-hydrogen) atoms. The van der Waals surface area contributed by atoms with Crippen molar-refractivity contribution in [2.75, 3.05) is 32.8 Å². The van der Waals surface area contributed by atoms with E-state index in [9.17, 15) is 4.79 Å². The summed E-state index contributed by atoms with van der Waals surface area (Å²) >= 11 is 0. The van der Waals surface area contributed by atoms with Gasteiger partial charge >= 0.3 is 0 Å². The second-order valence-corrected chi connectivity index (χ2v) is 6.76. The normalized spacial score (nSPS) is 20.6. The first-order valence-electron chi connectivity index (χ1n) is 9.40. The summed E-state index contributed by atoms with van der Waals surface area (Å²) in [4.78, 5) is 21.7. The van der Waals surface area contributed by atoms with Crippen LogP contribution in [0.25, 0.3) is 0 Å². The standard InChI is InChI=1S/C19H29N3O2/c1-2-24-18-17(8-7-11-20-18)19(23)22-14-9-16(10-15-22)21-12-5-3-4-6-13-21/h7-8,11,16H,2-6,9-10,12-15H2,1H3. The van der Waals surface area contributed by atoms with Crippen molar-refractivity contribution in [3.05, 3.63) is 23.9 Å². The Morgan fingerprint density at radius 2 is 1.88 bits per heavy atom. The second kappa shape index (κ2) is 8.47. The maximum Gasteiger partial charge on any atom is 0.259 e. The number of pyridine rings is 1. The van der Waals surface area contributed by atoms with Gasteiger partial charge in [-0.15, -0.1) is 0 Å². The van der Waals surface area contributed by atoms with Gasteiger partial charge in [-0.2, -0.15) is 0 Å². The van der Waals surface area contributed by atoms with Gasteiger partial charge in [0.2, 0.25) is 5.88 Å². The van der Waals surface area contributed by atoms with Crippen molar-refractivity contribution < 1.29 is 9.53 Å². The topological polar surface area (TPSA) is 45.7 Å². The largest absolute Gasteiger partial charge is 0.477 e. The summed E-state index contributed by atoms with van der Waals surface area (Å²) in [6.45, 7) is 6.57. The van der Waals surface area contributed by atoms with Gasteiger partial charge in [-0.05, 0) is 57.8 Å². The molecule has 2 aliphatic rings. The smallest absolute Gasteiger partial charge is 0.259 e. The van der Waals surface area contributed by atoms with Crippen LogP contribution in [0.4, 0.5) is 0 Å². The molecule has 132 valence electrons. The predicted molar refractivity (Wildman–Crippen MR) is 94.4 cm³/mol. The summed E-state index contributed by atoms with van der Waals surface area (Å²) in [7, 11) is 0. The van der Waals surface area contributed by atoms with Crippen LogP contribution >= 0.6 is 0 Å². The molecule has 5 nitrogen and oxygen atoms in total. The van der Waals surface area contributed by atoms with Gasteiger partial charge in [-0.3, -0.25) is 4.79 Å². The van der Waals surface area contributed by atoms with E-state index in [1.165, 1.54) is 38.8 Å². The van der Waals surface area contributed by atoms with Crippen LogP contribution in [0.2, 0.25) is 0 Å². The summed E-state index contributed by atoms with van der Waals surface area (Å²) < 4.78 is 5.51. The number of aromatic nitrogens is 1. The van der Waals surface area contributed by atoms with Crippen molar-refractivity contribution in [2.45, 2.75) is 51.5 Å². The van der Waals surface area contributed by atoms with Crippen LogP contribution < -0.4 is 4.74 Å². The Bertz CT molecular complexity index is 533. The van der Waals surface area contributed by atoms with Gasteiger partial charge in [0.05, 0.1) is 6.61 Å². The maximum atomic E-state index is 12.8. The highest BCUT2D eigenvalue weighted by Gasteiger charge is 2.28. The lowest BCUT2D eigenvalue weighted by Gasteiger charge is -2.38. The third-order valence-corrected chi connectivity index (χ3v) is 5.19. The molecule has 3 heterocycles. The quantitative estimate of drug-likeness (QED) is 0.851. The molecule has 0 aromatic carbocycles. The van der Waals surface area contributed by atoms with Crippen molar-refractivity contribution in [1.29, 1.82) is 0 Å². The summed E-state index contributed by atoms with van der Waals surface area (Å²) in [5.41, 5.74) is 0.590. The van der Waals surface area contributed by atoms with Crippen LogP contribution in [0.1, 0.15) is 55.8 Å². The number of rotatable bonds is 4. The van der Waals surface area contributed by atoms with Crippen molar-refractivity contribution >= 4 is 5.91 Å². The second-order valence-electron chi connectivity index (χ2n) is 6.76. The zero-order valence-corrected chi connectivity index (χ0v) is 14.7. The highest BCUT2D eigenvalue weighted by Crippen LogP contribution is 2.23. The summed E-state index contributed by atoms with van der Waals surface area (Å²) in [5.74, 6) is 0.514. The monoisotopic (exact) mass is 331 g/mol. The van der Waals surface area contributed by atoms with Gasteiger partial charge in [0.1, 0.15) is 5.56 Å². The van der Waals surface area contributed by atoms with Crippen LogP contribution in [-0.4, -0.2) is 59.5 Å². The predicted octanol–water partition coefficient (Wildman–Crippen LogP) is 2.96. The van der Waals surface area contributed by atoms with Crippen LogP contribution in [0.5, 0.6) is 5.88 Å². The molecular weight excluding hydrogens is 302 g/mol. The Balaban J connectivity index is 1.59. The number of amides is 1. The number of carbonyl (C=O) groups is 1. The van der Waals surface area contributed by atoms with Gasteiger partial charge in [-0.1, -0.05) is 12.8 Å². The molecule has 0 spiro atoms. The van der Waals surface area contributed by atoms with Crippen LogP contribution in [0.15, 0.2) is 18.3 Å². The molecule has 2 saturated heterocycles. The fourth-order valence-electron chi connectivity index (χ4n) is 3.87. The first-order valence-corrected chi connectivity index (χ1v) is 9.40. The molecule has 2 fully saturated rings. The summed E-state index contributed by atoms with van der Waals surface area (Å²) in [5, 5.41) is 0. The molecule has 5 heteroatoms. The van der Waals surface area contributed by atoms with E-state index in [0.29, 0.717) is 24.1 Å². The van der Waals surface area contributed by atoms with Gasteiger partial charge in [0.25, 0.3) is 5.91 Å². The van der Waals surface area contributed by atoms with Gasteiger partial charge < -0.3 is 14.5 Å². The minimum atomic E-state index is 0.0564. The first kappa shape index (κ1) is 17.2. The third kappa shape index (κ3) is 4.07. The molecule has 0 radical (unpaired) electrons. The molecule has 0 unspecified atom stereocenters. The van der Waals surface area contributed by atoms with Crippen LogP contribution in [0.3, 0.4) is 0 Å². The SMILES string of the molecule is CCOc1ncccc1C(=O)N1CCC(N2CCCCCC2)CC1.